The van der Waals surface area contributed by atoms with Crippen molar-refractivity contribution < 1.29 is 19.4 Å². The van der Waals surface area contributed by atoms with Crippen LogP contribution >= 0.6 is 15.9 Å². The Morgan fingerprint density at radius 3 is 2.68 bits per heavy atom. The molecule has 1 aromatic carbocycles. The van der Waals surface area contributed by atoms with Crippen LogP contribution in [0.4, 0.5) is 0 Å². The minimum atomic E-state index is -0.869. The first-order chi connectivity index (χ1) is 10.5. The molecular formula is C16H20BrNO4. The molecule has 2 unspecified atom stereocenters. The number of ether oxygens (including phenoxy) is 1. The number of hydrogen-bond acceptors (Lipinski definition) is 3. The Hall–Kier alpha value is -1.56. The molecule has 5 nitrogen and oxygen atoms in total. The van der Waals surface area contributed by atoms with Gasteiger partial charge in [-0.1, -0.05) is 22.0 Å². The smallest absolute Gasteiger partial charge is 0.307 e. The fourth-order valence-corrected chi connectivity index (χ4v) is 3.00. The third-order valence-electron chi connectivity index (χ3n) is 4.10. The molecule has 120 valence electrons. The van der Waals surface area contributed by atoms with E-state index in [4.69, 9.17) is 9.84 Å². The number of nitrogens with one attached hydrogen (secondary N) is 1. The normalized spacial score (nSPS) is 20.1. The molecule has 0 radical (unpaired) electrons. The van der Waals surface area contributed by atoms with Crippen molar-refractivity contribution in [3.05, 3.63) is 28.2 Å². The zero-order chi connectivity index (χ0) is 16.1. The van der Waals surface area contributed by atoms with Crippen molar-refractivity contribution >= 4 is 27.8 Å². The second kappa shape index (κ2) is 7.63. The van der Waals surface area contributed by atoms with Gasteiger partial charge in [-0.3, -0.25) is 9.59 Å². The predicted octanol–water partition coefficient (Wildman–Crippen LogP) is 2.62. The largest absolute Gasteiger partial charge is 0.496 e. The molecular weight excluding hydrogens is 350 g/mol. The molecule has 2 atom stereocenters. The van der Waals surface area contributed by atoms with Gasteiger partial charge in [0.15, 0.2) is 0 Å². The highest BCUT2D eigenvalue weighted by Gasteiger charge is 2.41. The van der Waals surface area contributed by atoms with Crippen molar-refractivity contribution in [3.63, 3.8) is 0 Å². The van der Waals surface area contributed by atoms with Crippen LogP contribution in [0.5, 0.6) is 5.75 Å². The molecule has 1 aliphatic rings. The molecule has 1 amide bonds. The summed E-state index contributed by atoms with van der Waals surface area (Å²) in [5, 5.41) is 11.8. The molecule has 0 aliphatic heterocycles. The molecule has 0 bridgehead atoms. The number of hydrogen-bond donors (Lipinski definition) is 2. The quantitative estimate of drug-likeness (QED) is 0.724. The van der Waals surface area contributed by atoms with Gasteiger partial charge in [-0.15, -0.1) is 0 Å². The summed E-state index contributed by atoms with van der Waals surface area (Å²) in [6.45, 7) is 0.543. The van der Waals surface area contributed by atoms with Crippen LogP contribution in [-0.4, -0.2) is 30.6 Å². The highest BCUT2D eigenvalue weighted by molar-refractivity contribution is 9.10. The molecule has 0 spiro atoms. The number of carbonyl (C=O) groups excluding carboxylic acids is 1. The summed E-state index contributed by atoms with van der Waals surface area (Å²) in [5.74, 6) is -1.05. The monoisotopic (exact) mass is 369 g/mol. The van der Waals surface area contributed by atoms with Crippen molar-refractivity contribution in [1.82, 2.24) is 5.32 Å². The van der Waals surface area contributed by atoms with Crippen LogP contribution in [0.2, 0.25) is 0 Å². The Bertz CT molecular complexity index is 561. The molecule has 0 saturated heterocycles. The van der Waals surface area contributed by atoms with Crippen LogP contribution in [0.1, 0.15) is 24.8 Å². The molecule has 6 heteroatoms. The van der Waals surface area contributed by atoms with E-state index in [1.165, 1.54) is 0 Å². The molecule has 1 aliphatic carbocycles. The van der Waals surface area contributed by atoms with Gasteiger partial charge in [0.1, 0.15) is 5.75 Å². The average molecular weight is 370 g/mol. The number of aryl methyl sites for hydroxylation is 1. The van der Waals surface area contributed by atoms with Crippen LogP contribution in [0.15, 0.2) is 22.7 Å². The van der Waals surface area contributed by atoms with E-state index in [0.29, 0.717) is 19.4 Å². The Morgan fingerprint density at radius 1 is 1.36 bits per heavy atom. The van der Waals surface area contributed by atoms with Gasteiger partial charge < -0.3 is 15.2 Å². The van der Waals surface area contributed by atoms with Gasteiger partial charge in [-0.2, -0.15) is 0 Å². The second-order valence-electron chi connectivity index (χ2n) is 5.48. The lowest BCUT2D eigenvalue weighted by molar-refractivity contribution is -0.152. The number of aliphatic carboxylic acids is 1. The Balaban J connectivity index is 1.75. The number of halogens is 1. The van der Waals surface area contributed by atoms with Gasteiger partial charge in [0.2, 0.25) is 5.91 Å². The summed E-state index contributed by atoms with van der Waals surface area (Å²) in [5.41, 5.74) is 1.09. The van der Waals surface area contributed by atoms with Crippen molar-refractivity contribution in [3.8, 4) is 5.75 Å². The van der Waals surface area contributed by atoms with Gasteiger partial charge in [0, 0.05) is 11.0 Å². The zero-order valence-electron chi connectivity index (χ0n) is 12.5. The number of methoxy groups -OCH3 is 1. The van der Waals surface area contributed by atoms with Crippen molar-refractivity contribution in [1.29, 1.82) is 0 Å². The molecule has 1 fully saturated rings. The molecule has 1 aromatic rings. The molecule has 1 saturated carbocycles. The Morgan fingerprint density at radius 2 is 2.09 bits per heavy atom. The fraction of sp³-hybridized carbons (Fsp3) is 0.500. The van der Waals surface area contributed by atoms with Gasteiger partial charge in [0.05, 0.1) is 18.9 Å². The lowest BCUT2D eigenvalue weighted by Gasteiger charge is -2.31. The van der Waals surface area contributed by atoms with E-state index in [1.807, 2.05) is 18.2 Å². The lowest BCUT2D eigenvalue weighted by Crippen LogP contribution is -2.44. The topological polar surface area (TPSA) is 75.6 Å². The van der Waals surface area contributed by atoms with Gasteiger partial charge in [-0.25, -0.2) is 0 Å². The van der Waals surface area contributed by atoms with Crippen molar-refractivity contribution in [2.45, 2.75) is 25.7 Å². The minimum absolute atomic E-state index is 0.138. The Kier molecular flexibility index (Phi) is 5.83. The Labute approximate surface area is 138 Å². The second-order valence-corrected chi connectivity index (χ2v) is 6.39. The van der Waals surface area contributed by atoms with Gasteiger partial charge in [-0.05, 0) is 43.4 Å². The lowest BCUT2D eigenvalue weighted by atomic mass is 9.73. The SMILES string of the molecule is COc1cc(Br)ccc1CCCNC(=O)C1CCC1C(=O)O. The van der Waals surface area contributed by atoms with E-state index in [1.54, 1.807) is 7.11 Å². The third-order valence-corrected chi connectivity index (χ3v) is 4.59. The minimum Gasteiger partial charge on any atom is -0.496 e. The number of benzene rings is 1. The first-order valence-corrected chi connectivity index (χ1v) is 8.15. The molecule has 2 N–H and O–H groups in total. The van der Waals surface area contributed by atoms with Crippen molar-refractivity contribution in [2.24, 2.45) is 11.8 Å². The first-order valence-electron chi connectivity index (χ1n) is 7.36. The summed E-state index contributed by atoms with van der Waals surface area (Å²) in [6.07, 6.45) is 2.85. The van der Waals surface area contributed by atoms with Crippen LogP contribution in [0.25, 0.3) is 0 Å². The first kappa shape index (κ1) is 16.8. The van der Waals surface area contributed by atoms with E-state index < -0.39 is 11.9 Å². The maximum Gasteiger partial charge on any atom is 0.307 e. The molecule has 0 aromatic heterocycles. The summed E-state index contributed by atoms with van der Waals surface area (Å²) in [4.78, 5) is 22.8. The highest BCUT2D eigenvalue weighted by Crippen LogP contribution is 2.34. The third kappa shape index (κ3) is 4.00. The van der Waals surface area contributed by atoms with Gasteiger partial charge in [0.25, 0.3) is 0 Å². The van der Waals surface area contributed by atoms with E-state index >= 15 is 0 Å². The summed E-state index contributed by atoms with van der Waals surface area (Å²) < 4.78 is 6.29. The average Bonchev–Trinajstić information content (AvgIpc) is 2.42. The standard InChI is InChI=1S/C16H20BrNO4/c1-22-14-9-11(17)5-4-10(14)3-2-8-18-15(19)12-6-7-13(12)16(20)21/h4-5,9,12-13H,2-3,6-8H2,1H3,(H,18,19)(H,20,21). The maximum atomic E-state index is 11.9. The van der Waals surface area contributed by atoms with Crippen LogP contribution in [-0.2, 0) is 16.0 Å². The number of carboxylic acid groups (broad SMARTS) is 1. The molecule has 0 heterocycles. The number of carbonyl (C=O) groups is 2. The van der Waals surface area contributed by atoms with Crippen LogP contribution < -0.4 is 10.1 Å². The molecule has 2 rings (SSSR count). The van der Waals surface area contributed by atoms with E-state index in [2.05, 4.69) is 21.2 Å². The highest BCUT2D eigenvalue weighted by atomic mass is 79.9. The van der Waals surface area contributed by atoms with Crippen molar-refractivity contribution in [2.75, 3.05) is 13.7 Å². The fourth-order valence-electron chi connectivity index (χ4n) is 2.66. The summed E-state index contributed by atoms with van der Waals surface area (Å²) in [7, 11) is 1.63. The van der Waals surface area contributed by atoms with Crippen LogP contribution in [0.3, 0.4) is 0 Å². The van der Waals surface area contributed by atoms with E-state index in [9.17, 15) is 9.59 Å². The van der Waals surface area contributed by atoms with Crippen LogP contribution in [0, 0.1) is 11.8 Å². The zero-order valence-corrected chi connectivity index (χ0v) is 14.1. The van der Waals surface area contributed by atoms with E-state index in [-0.39, 0.29) is 11.8 Å². The maximum absolute atomic E-state index is 11.9. The summed E-state index contributed by atoms with van der Waals surface area (Å²) >= 11 is 3.40. The number of rotatable bonds is 7. The van der Waals surface area contributed by atoms with Gasteiger partial charge >= 0.3 is 5.97 Å². The number of amides is 1. The van der Waals surface area contributed by atoms with E-state index in [0.717, 1.165) is 28.6 Å². The predicted molar refractivity (Wildman–Crippen MR) is 85.9 cm³/mol. The number of carboxylic acids is 1. The summed E-state index contributed by atoms with van der Waals surface area (Å²) in [6, 6.07) is 5.87. The molecule has 22 heavy (non-hydrogen) atoms.